The second-order valence-electron chi connectivity index (χ2n) is 6.71. The highest BCUT2D eigenvalue weighted by atomic mass is 16.5. The first-order valence-corrected chi connectivity index (χ1v) is 8.97. The number of nitrogens with one attached hydrogen (secondary N) is 1. The average molecular weight is 326 g/mol. The Kier molecular flexibility index (Phi) is 5.63. The summed E-state index contributed by atoms with van der Waals surface area (Å²) in [6.07, 6.45) is 12.2. The van der Waals surface area contributed by atoms with Crippen LogP contribution in [0.2, 0.25) is 0 Å². The number of amides is 2. The lowest BCUT2D eigenvalue weighted by molar-refractivity contribution is 0.170. The lowest BCUT2D eigenvalue weighted by atomic mass is 9.85. The molecule has 2 amide bonds. The molecule has 24 heavy (non-hydrogen) atoms. The molecule has 4 nitrogen and oxygen atoms in total. The number of ether oxygens (including phenoxy) is 1. The van der Waals surface area contributed by atoms with E-state index in [0.29, 0.717) is 12.6 Å². The van der Waals surface area contributed by atoms with Crippen LogP contribution in [0.4, 0.5) is 4.79 Å². The number of terminal acetylenes is 1. The van der Waals surface area contributed by atoms with Crippen molar-refractivity contribution in [2.75, 3.05) is 19.7 Å². The van der Waals surface area contributed by atoms with Crippen LogP contribution in [0.3, 0.4) is 0 Å². The van der Waals surface area contributed by atoms with Crippen molar-refractivity contribution in [1.82, 2.24) is 10.2 Å². The van der Waals surface area contributed by atoms with Gasteiger partial charge in [0.2, 0.25) is 0 Å². The number of benzene rings is 1. The van der Waals surface area contributed by atoms with Crippen LogP contribution in [-0.4, -0.2) is 36.7 Å². The second-order valence-corrected chi connectivity index (χ2v) is 6.71. The lowest BCUT2D eigenvalue weighted by Crippen LogP contribution is -2.45. The van der Waals surface area contributed by atoms with Crippen LogP contribution in [0.15, 0.2) is 24.3 Å². The average Bonchev–Trinajstić information content (AvgIpc) is 3.05. The quantitative estimate of drug-likeness (QED) is 0.844. The summed E-state index contributed by atoms with van der Waals surface area (Å²) < 4.78 is 5.36. The Morgan fingerprint density at radius 3 is 2.83 bits per heavy atom. The van der Waals surface area contributed by atoms with Gasteiger partial charge < -0.3 is 15.0 Å². The Hall–Kier alpha value is -2.15. The maximum absolute atomic E-state index is 12.4. The Balaban J connectivity index is 1.43. The molecular formula is C20H26N2O2. The second kappa shape index (κ2) is 8.10. The summed E-state index contributed by atoms with van der Waals surface area (Å²) in [4.78, 5) is 14.5. The van der Waals surface area contributed by atoms with E-state index in [-0.39, 0.29) is 12.6 Å². The molecule has 2 fully saturated rings. The van der Waals surface area contributed by atoms with E-state index in [2.05, 4.69) is 16.1 Å². The molecule has 2 atom stereocenters. The Labute approximate surface area is 144 Å². The number of fused-ring (bicyclic) bond motifs is 1. The first-order valence-electron chi connectivity index (χ1n) is 8.97. The SMILES string of the molecule is C#CCOc1ccc(CCNC(=O)N2CCC3CCCCC32)cc1. The predicted molar refractivity (Wildman–Crippen MR) is 94.9 cm³/mol. The Bertz CT molecular complexity index is 591. The minimum Gasteiger partial charge on any atom is -0.481 e. The van der Waals surface area contributed by atoms with Crippen LogP contribution in [0.1, 0.15) is 37.7 Å². The van der Waals surface area contributed by atoms with E-state index in [1.165, 1.54) is 37.7 Å². The molecule has 4 heteroatoms. The minimum atomic E-state index is 0.110. The van der Waals surface area contributed by atoms with E-state index in [1.54, 1.807) is 0 Å². The zero-order valence-electron chi connectivity index (χ0n) is 14.2. The van der Waals surface area contributed by atoms with Crippen molar-refractivity contribution in [1.29, 1.82) is 0 Å². The lowest BCUT2D eigenvalue weighted by Gasteiger charge is -2.31. The molecule has 0 spiro atoms. The summed E-state index contributed by atoms with van der Waals surface area (Å²) in [5.74, 6) is 3.96. The third kappa shape index (κ3) is 4.03. The molecule has 0 radical (unpaired) electrons. The third-order valence-corrected chi connectivity index (χ3v) is 5.21. The van der Waals surface area contributed by atoms with Gasteiger partial charge in [-0.25, -0.2) is 4.79 Å². The zero-order valence-corrected chi connectivity index (χ0v) is 14.2. The number of carbonyl (C=O) groups excluding carboxylic acids is 1. The van der Waals surface area contributed by atoms with E-state index in [9.17, 15) is 4.79 Å². The van der Waals surface area contributed by atoms with Crippen molar-refractivity contribution < 1.29 is 9.53 Å². The molecule has 1 aromatic rings. The van der Waals surface area contributed by atoms with Crippen LogP contribution in [0, 0.1) is 18.3 Å². The maximum Gasteiger partial charge on any atom is 0.317 e. The molecule has 1 aliphatic carbocycles. The molecule has 1 heterocycles. The minimum absolute atomic E-state index is 0.110. The third-order valence-electron chi connectivity index (χ3n) is 5.21. The van der Waals surface area contributed by atoms with Gasteiger partial charge in [0.15, 0.2) is 0 Å². The zero-order chi connectivity index (χ0) is 16.8. The number of urea groups is 1. The van der Waals surface area contributed by atoms with Crippen LogP contribution in [-0.2, 0) is 6.42 Å². The van der Waals surface area contributed by atoms with Crippen molar-refractivity contribution in [2.24, 2.45) is 5.92 Å². The molecule has 128 valence electrons. The molecule has 1 saturated carbocycles. The van der Waals surface area contributed by atoms with E-state index in [4.69, 9.17) is 11.2 Å². The number of hydrogen-bond donors (Lipinski definition) is 1. The van der Waals surface area contributed by atoms with E-state index in [1.807, 2.05) is 24.3 Å². The summed E-state index contributed by atoms with van der Waals surface area (Å²) in [7, 11) is 0. The summed E-state index contributed by atoms with van der Waals surface area (Å²) in [6.45, 7) is 1.87. The number of nitrogens with zero attached hydrogens (tertiary/aromatic N) is 1. The summed E-state index contributed by atoms with van der Waals surface area (Å²) in [5, 5.41) is 3.08. The first-order chi connectivity index (χ1) is 11.8. The van der Waals surface area contributed by atoms with Crippen molar-refractivity contribution in [3.8, 4) is 18.1 Å². The van der Waals surface area contributed by atoms with Gasteiger partial charge in [-0.2, -0.15) is 0 Å². The van der Waals surface area contributed by atoms with Crippen molar-refractivity contribution in [3.05, 3.63) is 29.8 Å². The van der Waals surface area contributed by atoms with Crippen LogP contribution in [0.5, 0.6) is 5.75 Å². The monoisotopic (exact) mass is 326 g/mol. The Morgan fingerprint density at radius 2 is 2.04 bits per heavy atom. The molecule has 0 aromatic heterocycles. The highest BCUT2D eigenvalue weighted by Crippen LogP contribution is 2.35. The van der Waals surface area contributed by atoms with Gasteiger partial charge in [-0.15, -0.1) is 6.42 Å². The number of rotatable bonds is 5. The van der Waals surface area contributed by atoms with Gasteiger partial charge >= 0.3 is 6.03 Å². The van der Waals surface area contributed by atoms with E-state index in [0.717, 1.165) is 24.6 Å². The smallest absolute Gasteiger partial charge is 0.317 e. The molecule has 1 aliphatic heterocycles. The van der Waals surface area contributed by atoms with Gasteiger partial charge in [-0.3, -0.25) is 0 Å². The maximum atomic E-state index is 12.4. The fourth-order valence-corrected chi connectivity index (χ4v) is 3.95. The predicted octanol–water partition coefficient (Wildman–Crippen LogP) is 3.22. The molecule has 3 rings (SSSR count). The standard InChI is InChI=1S/C20H26N2O2/c1-2-15-24-18-9-7-16(8-10-18)11-13-21-20(23)22-14-12-17-5-3-4-6-19(17)22/h1,7-10,17,19H,3-6,11-15H2,(H,21,23). The van der Waals surface area contributed by atoms with Gasteiger partial charge in [0.05, 0.1) is 0 Å². The first kappa shape index (κ1) is 16.7. The number of carbonyl (C=O) groups is 1. The molecule has 2 aliphatic rings. The highest BCUT2D eigenvalue weighted by Gasteiger charge is 2.37. The van der Waals surface area contributed by atoms with Crippen LogP contribution in [0.25, 0.3) is 0 Å². The molecule has 1 N–H and O–H groups in total. The number of hydrogen-bond acceptors (Lipinski definition) is 2. The fourth-order valence-electron chi connectivity index (χ4n) is 3.95. The fraction of sp³-hybridized carbons (Fsp3) is 0.550. The van der Waals surface area contributed by atoms with Gasteiger partial charge in [-0.05, 0) is 49.3 Å². The van der Waals surface area contributed by atoms with Crippen molar-refractivity contribution in [3.63, 3.8) is 0 Å². The highest BCUT2D eigenvalue weighted by molar-refractivity contribution is 5.75. The molecule has 1 saturated heterocycles. The van der Waals surface area contributed by atoms with Gasteiger partial charge in [0.25, 0.3) is 0 Å². The van der Waals surface area contributed by atoms with Crippen molar-refractivity contribution >= 4 is 6.03 Å². The summed E-state index contributed by atoms with van der Waals surface area (Å²) in [5.41, 5.74) is 1.18. The number of likely N-dealkylation sites (tertiary alicyclic amines) is 1. The van der Waals surface area contributed by atoms with Crippen LogP contribution >= 0.6 is 0 Å². The summed E-state index contributed by atoms with van der Waals surface area (Å²) in [6, 6.07) is 8.46. The molecular weight excluding hydrogens is 300 g/mol. The Morgan fingerprint density at radius 1 is 1.25 bits per heavy atom. The molecule has 2 unspecified atom stereocenters. The molecule has 1 aromatic carbocycles. The van der Waals surface area contributed by atoms with Crippen LogP contribution < -0.4 is 10.1 Å². The topological polar surface area (TPSA) is 41.6 Å². The van der Waals surface area contributed by atoms with E-state index >= 15 is 0 Å². The van der Waals surface area contributed by atoms with Gasteiger partial charge in [0.1, 0.15) is 12.4 Å². The molecule has 0 bridgehead atoms. The van der Waals surface area contributed by atoms with Gasteiger partial charge in [0, 0.05) is 19.1 Å². The van der Waals surface area contributed by atoms with Gasteiger partial charge in [-0.1, -0.05) is 30.9 Å². The van der Waals surface area contributed by atoms with E-state index < -0.39 is 0 Å². The van der Waals surface area contributed by atoms with Crippen molar-refractivity contribution in [2.45, 2.75) is 44.6 Å². The summed E-state index contributed by atoms with van der Waals surface area (Å²) >= 11 is 0. The largest absolute Gasteiger partial charge is 0.481 e. The normalized spacial score (nSPS) is 22.5.